The third kappa shape index (κ3) is 5.40. The standard InChI is InChI=1S/C20H24ClNO3/c1-4-17(25-19-10-6-5-9-16(19)21)20(23)22-12-13-24-18-11-7-8-14(2)15(18)3/h5-11,17H,4,12-13H2,1-3H3,(H,22,23). The predicted molar refractivity (Wildman–Crippen MR) is 101 cm³/mol. The molecule has 0 bridgehead atoms. The van der Waals surface area contributed by atoms with Crippen LogP contribution in [0.3, 0.4) is 0 Å². The number of benzene rings is 2. The first-order valence-electron chi connectivity index (χ1n) is 8.40. The number of hydrogen-bond donors (Lipinski definition) is 1. The molecule has 0 fully saturated rings. The summed E-state index contributed by atoms with van der Waals surface area (Å²) in [5.41, 5.74) is 2.29. The largest absolute Gasteiger partial charge is 0.491 e. The van der Waals surface area contributed by atoms with E-state index in [0.29, 0.717) is 30.3 Å². The minimum Gasteiger partial charge on any atom is -0.491 e. The molecule has 1 unspecified atom stereocenters. The smallest absolute Gasteiger partial charge is 0.261 e. The van der Waals surface area contributed by atoms with Crippen LogP contribution in [0.15, 0.2) is 42.5 Å². The molecule has 2 rings (SSSR count). The summed E-state index contributed by atoms with van der Waals surface area (Å²) < 4.78 is 11.5. The molecule has 2 aromatic rings. The van der Waals surface area contributed by atoms with E-state index in [0.717, 1.165) is 11.3 Å². The van der Waals surface area contributed by atoms with E-state index in [-0.39, 0.29) is 5.91 Å². The highest BCUT2D eigenvalue weighted by atomic mass is 35.5. The minimum absolute atomic E-state index is 0.174. The van der Waals surface area contributed by atoms with Crippen LogP contribution in [-0.2, 0) is 4.79 Å². The Morgan fingerprint density at radius 1 is 1.12 bits per heavy atom. The summed E-state index contributed by atoms with van der Waals surface area (Å²) in [6.45, 7) is 6.77. The molecule has 25 heavy (non-hydrogen) atoms. The van der Waals surface area contributed by atoms with Crippen molar-refractivity contribution in [3.8, 4) is 11.5 Å². The van der Waals surface area contributed by atoms with Gasteiger partial charge in [-0.3, -0.25) is 4.79 Å². The van der Waals surface area contributed by atoms with E-state index < -0.39 is 6.10 Å². The molecule has 1 N–H and O–H groups in total. The summed E-state index contributed by atoms with van der Waals surface area (Å²) in [7, 11) is 0. The molecular formula is C20H24ClNO3. The number of ether oxygens (including phenoxy) is 2. The van der Waals surface area contributed by atoms with Gasteiger partial charge in [0.15, 0.2) is 6.10 Å². The number of aryl methyl sites for hydroxylation is 1. The highest BCUT2D eigenvalue weighted by Crippen LogP contribution is 2.25. The molecule has 5 heteroatoms. The minimum atomic E-state index is -0.583. The van der Waals surface area contributed by atoms with Crippen molar-refractivity contribution in [2.45, 2.75) is 33.3 Å². The lowest BCUT2D eigenvalue weighted by atomic mass is 10.1. The van der Waals surface area contributed by atoms with Gasteiger partial charge in [0.1, 0.15) is 18.1 Å². The molecule has 0 aliphatic heterocycles. The number of para-hydroxylation sites is 1. The van der Waals surface area contributed by atoms with Crippen molar-refractivity contribution in [1.82, 2.24) is 5.32 Å². The van der Waals surface area contributed by atoms with Gasteiger partial charge < -0.3 is 14.8 Å². The average molecular weight is 362 g/mol. The second kappa shape index (κ2) is 9.33. The van der Waals surface area contributed by atoms with Gasteiger partial charge in [0.2, 0.25) is 0 Å². The Hall–Kier alpha value is -2.20. The van der Waals surface area contributed by atoms with E-state index >= 15 is 0 Å². The van der Waals surface area contributed by atoms with Gasteiger partial charge in [-0.1, -0.05) is 42.8 Å². The van der Waals surface area contributed by atoms with E-state index in [1.165, 1.54) is 5.56 Å². The molecule has 0 aromatic heterocycles. The number of nitrogens with one attached hydrogen (secondary N) is 1. The molecule has 0 spiro atoms. The molecule has 0 aliphatic carbocycles. The SMILES string of the molecule is CCC(Oc1ccccc1Cl)C(=O)NCCOc1cccc(C)c1C. The number of carbonyl (C=O) groups excluding carboxylic acids is 1. The zero-order valence-corrected chi connectivity index (χ0v) is 15.6. The van der Waals surface area contributed by atoms with Crippen LogP contribution in [0.5, 0.6) is 11.5 Å². The quantitative estimate of drug-likeness (QED) is 0.713. The van der Waals surface area contributed by atoms with Crippen LogP contribution in [0.25, 0.3) is 0 Å². The fraction of sp³-hybridized carbons (Fsp3) is 0.350. The molecular weight excluding hydrogens is 338 g/mol. The van der Waals surface area contributed by atoms with E-state index in [4.69, 9.17) is 21.1 Å². The van der Waals surface area contributed by atoms with Gasteiger partial charge in [-0.2, -0.15) is 0 Å². The molecule has 0 saturated heterocycles. The number of halogens is 1. The zero-order valence-electron chi connectivity index (χ0n) is 14.8. The normalized spacial score (nSPS) is 11.7. The average Bonchev–Trinajstić information content (AvgIpc) is 2.61. The van der Waals surface area contributed by atoms with Gasteiger partial charge in [0.25, 0.3) is 5.91 Å². The maximum atomic E-state index is 12.3. The van der Waals surface area contributed by atoms with E-state index in [1.54, 1.807) is 12.1 Å². The second-order valence-electron chi connectivity index (χ2n) is 5.78. The summed E-state index contributed by atoms with van der Waals surface area (Å²) in [5.74, 6) is 1.18. The van der Waals surface area contributed by atoms with Crippen molar-refractivity contribution >= 4 is 17.5 Å². The van der Waals surface area contributed by atoms with E-state index in [1.807, 2.05) is 51.1 Å². The Labute approximate surface area is 154 Å². The summed E-state index contributed by atoms with van der Waals surface area (Å²) in [6.07, 6.45) is -0.0323. The third-order valence-corrected chi connectivity index (χ3v) is 4.30. The van der Waals surface area contributed by atoms with Crippen LogP contribution in [-0.4, -0.2) is 25.2 Å². The highest BCUT2D eigenvalue weighted by Gasteiger charge is 2.19. The molecule has 2 aromatic carbocycles. The van der Waals surface area contributed by atoms with Gasteiger partial charge in [0.05, 0.1) is 11.6 Å². The first-order chi connectivity index (χ1) is 12.0. The Balaban J connectivity index is 1.82. The van der Waals surface area contributed by atoms with Crippen molar-refractivity contribution in [1.29, 1.82) is 0 Å². The van der Waals surface area contributed by atoms with Crippen molar-refractivity contribution in [3.63, 3.8) is 0 Å². The molecule has 1 amide bonds. The fourth-order valence-corrected chi connectivity index (χ4v) is 2.53. The molecule has 0 heterocycles. The topological polar surface area (TPSA) is 47.6 Å². The molecule has 0 radical (unpaired) electrons. The number of amides is 1. The third-order valence-electron chi connectivity index (χ3n) is 3.98. The van der Waals surface area contributed by atoms with Crippen molar-refractivity contribution < 1.29 is 14.3 Å². The Morgan fingerprint density at radius 3 is 2.56 bits per heavy atom. The first-order valence-corrected chi connectivity index (χ1v) is 8.78. The lowest BCUT2D eigenvalue weighted by Gasteiger charge is -2.18. The highest BCUT2D eigenvalue weighted by molar-refractivity contribution is 6.32. The van der Waals surface area contributed by atoms with E-state index in [2.05, 4.69) is 5.32 Å². The van der Waals surface area contributed by atoms with Crippen LogP contribution >= 0.6 is 11.6 Å². The lowest BCUT2D eigenvalue weighted by molar-refractivity contribution is -0.128. The van der Waals surface area contributed by atoms with Crippen molar-refractivity contribution in [2.24, 2.45) is 0 Å². The summed E-state index contributed by atoms with van der Waals surface area (Å²) >= 11 is 6.08. The van der Waals surface area contributed by atoms with Gasteiger partial charge in [-0.25, -0.2) is 0 Å². The number of rotatable bonds is 8. The van der Waals surface area contributed by atoms with Gasteiger partial charge >= 0.3 is 0 Å². The fourth-order valence-electron chi connectivity index (χ4n) is 2.35. The monoisotopic (exact) mass is 361 g/mol. The van der Waals surface area contributed by atoms with Crippen LogP contribution in [0.2, 0.25) is 5.02 Å². The van der Waals surface area contributed by atoms with Crippen molar-refractivity contribution in [2.75, 3.05) is 13.2 Å². The summed E-state index contributed by atoms with van der Waals surface area (Å²) in [4.78, 5) is 12.3. The first kappa shape index (κ1) is 19.1. The lowest BCUT2D eigenvalue weighted by Crippen LogP contribution is -2.39. The van der Waals surface area contributed by atoms with Crippen LogP contribution in [0.4, 0.5) is 0 Å². The number of hydrogen-bond acceptors (Lipinski definition) is 3. The van der Waals surface area contributed by atoms with Crippen molar-refractivity contribution in [3.05, 3.63) is 58.6 Å². The molecule has 1 atom stereocenters. The second-order valence-corrected chi connectivity index (χ2v) is 6.19. The van der Waals surface area contributed by atoms with Gasteiger partial charge in [0, 0.05) is 0 Å². The molecule has 134 valence electrons. The van der Waals surface area contributed by atoms with Gasteiger partial charge in [-0.15, -0.1) is 0 Å². The molecule has 4 nitrogen and oxygen atoms in total. The Bertz CT molecular complexity index is 718. The Kier molecular flexibility index (Phi) is 7.14. The zero-order chi connectivity index (χ0) is 18.2. The Morgan fingerprint density at radius 2 is 1.84 bits per heavy atom. The maximum absolute atomic E-state index is 12.3. The molecule has 0 saturated carbocycles. The van der Waals surface area contributed by atoms with Crippen LogP contribution in [0, 0.1) is 13.8 Å². The summed E-state index contributed by atoms with van der Waals surface area (Å²) in [6, 6.07) is 13.1. The van der Waals surface area contributed by atoms with Crippen LogP contribution < -0.4 is 14.8 Å². The maximum Gasteiger partial charge on any atom is 0.261 e. The number of carbonyl (C=O) groups is 1. The molecule has 0 aliphatic rings. The summed E-state index contributed by atoms with van der Waals surface area (Å²) in [5, 5.41) is 3.34. The van der Waals surface area contributed by atoms with E-state index in [9.17, 15) is 4.79 Å². The van der Waals surface area contributed by atoms with Crippen LogP contribution in [0.1, 0.15) is 24.5 Å². The van der Waals surface area contributed by atoms with Gasteiger partial charge in [-0.05, 0) is 49.6 Å². The predicted octanol–water partition coefficient (Wildman–Crippen LogP) is 4.31.